The van der Waals surface area contributed by atoms with E-state index in [0.717, 1.165) is 69.1 Å². The predicted molar refractivity (Wildman–Crippen MR) is 115 cm³/mol. The molecule has 160 valence electrons. The van der Waals surface area contributed by atoms with Crippen molar-refractivity contribution in [3.8, 4) is 0 Å². The fourth-order valence-electron chi connectivity index (χ4n) is 3.86. The highest BCUT2D eigenvalue weighted by Crippen LogP contribution is 2.38. The molecule has 0 saturated carbocycles. The Morgan fingerprint density at radius 3 is 2.66 bits per heavy atom. The number of allylic oxidation sites excluding steroid dienone is 2. The first-order valence-electron chi connectivity index (χ1n) is 10.6. The van der Waals surface area contributed by atoms with Gasteiger partial charge in [0.25, 0.3) is 5.91 Å². The SMILES string of the molecule is CC1(C)CC=C(c2nc(C(C)(C)OCCN3CCOCC3)ccc2C(N)=O)CC1. The van der Waals surface area contributed by atoms with Crippen molar-refractivity contribution in [1.29, 1.82) is 0 Å². The van der Waals surface area contributed by atoms with E-state index in [4.69, 9.17) is 20.2 Å². The topological polar surface area (TPSA) is 77.7 Å². The Morgan fingerprint density at radius 2 is 2.03 bits per heavy atom. The maximum Gasteiger partial charge on any atom is 0.250 e. The van der Waals surface area contributed by atoms with Gasteiger partial charge in [-0.2, -0.15) is 0 Å². The number of aromatic nitrogens is 1. The third-order valence-electron chi connectivity index (χ3n) is 6.03. The summed E-state index contributed by atoms with van der Waals surface area (Å²) in [7, 11) is 0. The Labute approximate surface area is 174 Å². The zero-order valence-electron chi connectivity index (χ0n) is 18.3. The Morgan fingerprint density at radius 1 is 1.31 bits per heavy atom. The normalized spacial score (nSPS) is 20.3. The minimum atomic E-state index is -0.550. The van der Waals surface area contributed by atoms with Crippen LogP contribution in [0.5, 0.6) is 0 Å². The van der Waals surface area contributed by atoms with Crippen LogP contribution in [0.25, 0.3) is 5.57 Å². The highest BCUT2D eigenvalue weighted by Gasteiger charge is 2.28. The van der Waals surface area contributed by atoms with Gasteiger partial charge in [0, 0.05) is 19.6 Å². The molecule has 2 N–H and O–H groups in total. The van der Waals surface area contributed by atoms with Crippen LogP contribution in [0.1, 0.15) is 68.7 Å². The summed E-state index contributed by atoms with van der Waals surface area (Å²) in [5, 5.41) is 0. The summed E-state index contributed by atoms with van der Waals surface area (Å²) in [6, 6.07) is 3.67. The van der Waals surface area contributed by atoms with E-state index in [0.29, 0.717) is 12.2 Å². The molecule has 1 aromatic heterocycles. The molecule has 1 fully saturated rings. The number of carbonyl (C=O) groups excluding carboxylic acids is 1. The number of carbonyl (C=O) groups is 1. The summed E-state index contributed by atoms with van der Waals surface area (Å²) < 4.78 is 11.6. The number of pyridine rings is 1. The highest BCUT2D eigenvalue weighted by atomic mass is 16.5. The van der Waals surface area contributed by atoms with Crippen LogP contribution < -0.4 is 5.73 Å². The van der Waals surface area contributed by atoms with Crippen LogP contribution in [0.15, 0.2) is 18.2 Å². The quantitative estimate of drug-likeness (QED) is 0.758. The van der Waals surface area contributed by atoms with Crippen molar-refractivity contribution in [3.63, 3.8) is 0 Å². The number of primary amides is 1. The van der Waals surface area contributed by atoms with Gasteiger partial charge in [-0.05, 0) is 56.2 Å². The van der Waals surface area contributed by atoms with Gasteiger partial charge in [-0.25, -0.2) is 4.98 Å². The van der Waals surface area contributed by atoms with E-state index in [9.17, 15) is 4.79 Å². The second kappa shape index (κ2) is 8.94. The zero-order chi connectivity index (χ0) is 21.1. The number of nitrogens with zero attached hydrogens (tertiary/aromatic N) is 2. The van der Waals surface area contributed by atoms with Gasteiger partial charge in [-0.1, -0.05) is 19.9 Å². The Balaban J connectivity index is 1.76. The van der Waals surface area contributed by atoms with Crippen molar-refractivity contribution >= 4 is 11.5 Å². The molecule has 2 aliphatic rings. The number of ether oxygens (including phenoxy) is 2. The Kier molecular flexibility index (Phi) is 6.76. The Bertz CT molecular complexity index is 765. The zero-order valence-corrected chi connectivity index (χ0v) is 18.3. The molecule has 0 bridgehead atoms. The van der Waals surface area contributed by atoms with Crippen LogP contribution in [0.2, 0.25) is 0 Å². The molecule has 1 saturated heterocycles. The van der Waals surface area contributed by atoms with E-state index in [1.807, 2.05) is 19.9 Å². The number of morpholine rings is 1. The van der Waals surface area contributed by atoms with Gasteiger partial charge in [0.05, 0.1) is 36.8 Å². The molecule has 3 rings (SSSR count). The molecule has 0 atom stereocenters. The molecule has 6 heteroatoms. The van der Waals surface area contributed by atoms with E-state index in [2.05, 4.69) is 24.8 Å². The number of rotatable bonds is 7. The fraction of sp³-hybridized carbons (Fsp3) is 0.652. The summed E-state index contributed by atoms with van der Waals surface area (Å²) in [4.78, 5) is 19.2. The van der Waals surface area contributed by atoms with Crippen molar-refractivity contribution in [2.45, 2.75) is 52.6 Å². The van der Waals surface area contributed by atoms with Gasteiger partial charge >= 0.3 is 0 Å². The molecule has 0 aromatic carbocycles. The lowest BCUT2D eigenvalue weighted by molar-refractivity contribution is -0.0443. The molecule has 1 aromatic rings. The van der Waals surface area contributed by atoms with Crippen LogP contribution in [-0.2, 0) is 15.1 Å². The predicted octanol–water partition coefficient (Wildman–Crippen LogP) is 3.36. The minimum Gasteiger partial charge on any atom is -0.379 e. The molecule has 1 aliphatic heterocycles. The van der Waals surface area contributed by atoms with Gasteiger partial charge in [0.1, 0.15) is 5.60 Å². The van der Waals surface area contributed by atoms with E-state index >= 15 is 0 Å². The van der Waals surface area contributed by atoms with Crippen LogP contribution in [0.4, 0.5) is 0 Å². The van der Waals surface area contributed by atoms with E-state index < -0.39 is 11.5 Å². The number of hydrogen-bond donors (Lipinski definition) is 1. The Hall–Kier alpha value is -1.76. The van der Waals surface area contributed by atoms with Crippen molar-refractivity contribution in [2.24, 2.45) is 11.1 Å². The summed E-state index contributed by atoms with van der Waals surface area (Å²) >= 11 is 0. The monoisotopic (exact) mass is 401 g/mol. The van der Waals surface area contributed by atoms with Gasteiger partial charge in [0.15, 0.2) is 0 Å². The van der Waals surface area contributed by atoms with Gasteiger partial charge in [-0.3, -0.25) is 9.69 Å². The van der Waals surface area contributed by atoms with Crippen molar-refractivity contribution < 1.29 is 14.3 Å². The standard InChI is InChI=1S/C23H35N3O3/c1-22(2)9-7-17(8-10-22)20-18(21(24)27)5-6-19(25-20)23(3,4)29-16-13-26-11-14-28-15-12-26/h5-7H,8-16H2,1-4H3,(H2,24,27). The summed E-state index contributed by atoms with van der Waals surface area (Å²) in [6.07, 6.45) is 5.17. The number of hydrogen-bond acceptors (Lipinski definition) is 5. The van der Waals surface area contributed by atoms with Gasteiger partial charge in [0.2, 0.25) is 0 Å². The van der Waals surface area contributed by atoms with Crippen LogP contribution in [0.3, 0.4) is 0 Å². The molecule has 29 heavy (non-hydrogen) atoms. The van der Waals surface area contributed by atoms with Crippen LogP contribution in [0, 0.1) is 5.41 Å². The maximum atomic E-state index is 12.0. The first-order chi connectivity index (χ1) is 13.7. The van der Waals surface area contributed by atoms with Gasteiger partial charge < -0.3 is 15.2 Å². The number of nitrogens with two attached hydrogens (primary N) is 1. The molecular weight excluding hydrogens is 366 g/mol. The second-order valence-corrected chi connectivity index (χ2v) is 9.37. The second-order valence-electron chi connectivity index (χ2n) is 9.37. The molecule has 0 radical (unpaired) electrons. The third-order valence-corrected chi connectivity index (χ3v) is 6.03. The summed E-state index contributed by atoms with van der Waals surface area (Å²) in [5.74, 6) is -0.434. The molecule has 0 spiro atoms. The van der Waals surface area contributed by atoms with E-state index in [-0.39, 0.29) is 5.41 Å². The first kappa shape index (κ1) is 21.9. The van der Waals surface area contributed by atoms with Crippen LogP contribution in [-0.4, -0.2) is 55.2 Å². The van der Waals surface area contributed by atoms with Crippen molar-refractivity contribution in [2.75, 3.05) is 39.5 Å². The lowest BCUT2D eigenvalue weighted by Gasteiger charge is -2.31. The lowest BCUT2D eigenvalue weighted by Crippen LogP contribution is -2.39. The highest BCUT2D eigenvalue weighted by molar-refractivity contribution is 5.97. The molecular formula is C23H35N3O3. The number of amides is 1. The lowest BCUT2D eigenvalue weighted by atomic mass is 9.77. The van der Waals surface area contributed by atoms with Crippen molar-refractivity contribution in [3.05, 3.63) is 35.2 Å². The molecule has 0 unspecified atom stereocenters. The van der Waals surface area contributed by atoms with Crippen molar-refractivity contribution in [1.82, 2.24) is 9.88 Å². The summed E-state index contributed by atoms with van der Waals surface area (Å²) in [6.45, 7) is 13.6. The molecule has 1 amide bonds. The molecule has 6 nitrogen and oxygen atoms in total. The smallest absolute Gasteiger partial charge is 0.250 e. The summed E-state index contributed by atoms with van der Waals surface area (Å²) in [5.41, 5.74) is 8.53. The van der Waals surface area contributed by atoms with E-state index in [1.54, 1.807) is 6.07 Å². The van der Waals surface area contributed by atoms with Crippen LogP contribution >= 0.6 is 0 Å². The van der Waals surface area contributed by atoms with Gasteiger partial charge in [-0.15, -0.1) is 0 Å². The fourth-order valence-corrected chi connectivity index (χ4v) is 3.86. The largest absolute Gasteiger partial charge is 0.379 e. The first-order valence-corrected chi connectivity index (χ1v) is 10.6. The molecule has 1 aliphatic carbocycles. The average molecular weight is 402 g/mol. The maximum absolute atomic E-state index is 12.0. The molecule has 2 heterocycles. The van der Waals surface area contributed by atoms with E-state index in [1.165, 1.54) is 0 Å². The minimum absolute atomic E-state index is 0.288. The average Bonchev–Trinajstić information content (AvgIpc) is 2.68. The third kappa shape index (κ3) is 5.65.